The Bertz CT molecular complexity index is 811. The van der Waals surface area contributed by atoms with Crippen LogP contribution in [0, 0.1) is 17.8 Å². The number of fused-ring (bicyclic) bond motifs is 2. The number of carbonyl (C=O) groups is 2. The van der Waals surface area contributed by atoms with Crippen LogP contribution < -0.4 is 10.1 Å². The van der Waals surface area contributed by atoms with Crippen molar-refractivity contribution in [1.29, 1.82) is 0 Å². The first-order valence-electron chi connectivity index (χ1n) is 9.04. The summed E-state index contributed by atoms with van der Waals surface area (Å²) in [7, 11) is 1.59. The van der Waals surface area contributed by atoms with Crippen LogP contribution in [0.3, 0.4) is 0 Å². The van der Waals surface area contributed by atoms with E-state index in [1.54, 1.807) is 31.4 Å². The average molecular weight is 354 g/mol. The SMILES string of the molecule is COc1ccc(-c2ocnc2C(=O)NCC(=O)C2CC3CCC2C3)cc1. The van der Waals surface area contributed by atoms with Crippen LogP contribution in [-0.4, -0.2) is 30.3 Å². The molecule has 6 nitrogen and oxygen atoms in total. The molecule has 1 N–H and O–H groups in total. The van der Waals surface area contributed by atoms with Crippen LogP contribution in [0.1, 0.15) is 36.2 Å². The highest BCUT2D eigenvalue weighted by atomic mass is 16.5. The van der Waals surface area contributed by atoms with Crippen LogP contribution in [0.5, 0.6) is 5.75 Å². The van der Waals surface area contributed by atoms with Crippen LogP contribution >= 0.6 is 0 Å². The molecule has 4 rings (SSSR count). The molecule has 1 heterocycles. The predicted octanol–water partition coefficient (Wildman–Crippen LogP) is 3.09. The Morgan fingerprint density at radius 3 is 2.69 bits per heavy atom. The molecule has 26 heavy (non-hydrogen) atoms. The number of Topliss-reactive ketones (excluding diaryl/α,β-unsaturated/α-hetero) is 1. The van der Waals surface area contributed by atoms with Gasteiger partial charge in [0.05, 0.1) is 13.7 Å². The highest BCUT2D eigenvalue weighted by Gasteiger charge is 2.42. The number of ether oxygens (including phenoxy) is 1. The van der Waals surface area contributed by atoms with Crippen LogP contribution in [-0.2, 0) is 4.79 Å². The summed E-state index contributed by atoms with van der Waals surface area (Å²) in [4.78, 5) is 29.0. The van der Waals surface area contributed by atoms with Crippen molar-refractivity contribution in [1.82, 2.24) is 10.3 Å². The third-order valence-electron chi connectivity index (χ3n) is 5.71. The number of nitrogens with zero attached hydrogens (tertiary/aromatic N) is 1. The van der Waals surface area contributed by atoms with Crippen molar-refractivity contribution in [2.45, 2.75) is 25.7 Å². The second-order valence-corrected chi connectivity index (χ2v) is 7.19. The molecule has 6 heteroatoms. The van der Waals surface area contributed by atoms with Gasteiger partial charge in [0.15, 0.2) is 23.6 Å². The maximum Gasteiger partial charge on any atom is 0.274 e. The quantitative estimate of drug-likeness (QED) is 0.862. The molecule has 0 spiro atoms. The van der Waals surface area contributed by atoms with Crippen molar-refractivity contribution < 1.29 is 18.7 Å². The summed E-state index contributed by atoms with van der Waals surface area (Å²) in [6.45, 7) is 0.0572. The van der Waals surface area contributed by atoms with Crippen molar-refractivity contribution >= 4 is 11.7 Å². The van der Waals surface area contributed by atoms with Gasteiger partial charge in [0.1, 0.15) is 5.75 Å². The number of nitrogens with one attached hydrogen (secondary N) is 1. The Balaban J connectivity index is 1.41. The number of rotatable bonds is 6. The molecule has 3 unspecified atom stereocenters. The molecule has 1 amide bonds. The molecule has 2 fully saturated rings. The highest BCUT2D eigenvalue weighted by Crippen LogP contribution is 2.48. The number of carbonyl (C=O) groups excluding carboxylic acids is 2. The molecule has 2 aliphatic carbocycles. The number of hydrogen-bond donors (Lipinski definition) is 1. The fraction of sp³-hybridized carbons (Fsp3) is 0.450. The maximum absolute atomic E-state index is 12.5. The number of ketones is 1. The summed E-state index contributed by atoms with van der Waals surface area (Å²) in [6.07, 6.45) is 5.81. The van der Waals surface area contributed by atoms with Gasteiger partial charge < -0.3 is 14.5 Å². The van der Waals surface area contributed by atoms with E-state index < -0.39 is 0 Å². The number of methoxy groups -OCH3 is 1. The lowest BCUT2D eigenvalue weighted by atomic mass is 9.85. The van der Waals surface area contributed by atoms with Crippen LogP contribution in [0.15, 0.2) is 35.1 Å². The van der Waals surface area contributed by atoms with E-state index in [1.165, 1.54) is 19.2 Å². The maximum atomic E-state index is 12.5. The van der Waals surface area contributed by atoms with E-state index in [0.717, 1.165) is 24.2 Å². The van der Waals surface area contributed by atoms with E-state index in [-0.39, 0.29) is 29.8 Å². The van der Waals surface area contributed by atoms with Crippen LogP contribution in [0.4, 0.5) is 0 Å². The van der Waals surface area contributed by atoms with Gasteiger partial charge in [-0.15, -0.1) is 0 Å². The summed E-state index contributed by atoms with van der Waals surface area (Å²) in [5, 5.41) is 2.72. The molecular formula is C20H22N2O4. The van der Waals surface area contributed by atoms with Crippen molar-refractivity contribution in [2.24, 2.45) is 17.8 Å². The fourth-order valence-electron chi connectivity index (χ4n) is 4.38. The van der Waals surface area contributed by atoms with Gasteiger partial charge in [-0.1, -0.05) is 6.42 Å². The minimum absolute atomic E-state index is 0.0572. The zero-order valence-corrected chi connectivity index (χ0v) is 14.7. The first-order valence-corrected chi connectivity index (χ1v) is 9.04. The summed E-state index contributed by atoms with van der Waals surface area (Å²) in [5.74, 6) is 2.20. The summed E-state index contributed by atoms with van der Waals surface area (Å²) < 4.78 is 10.5. The molecule has 1 aromatic carbocycles. The standard InChI is InChI=1S/C20H22N2O4/c1-25-15-6-4-13(5-7-15)19-18(22-11-26-19)20(24)21-10-17(23)16-9-12-2-3-14(16)8-12/h4-7,11-12,14,16H,2-3,8-10H2,1H3,(H,21,24). The zero-order chi connectivity index (χ0) is 18.1. The van der Waals surface area contributed by atoms with E-state index in [1.807, 2.05) is 0 Å². The number of benzene rings is 1. The molecule has 0 radical (unpaired) electrons. The molecule has 2 bridgehead atoms. The molecule has 2 aliphatic rings. The monoisotopic (exact) mass is 354 g/mol. The number of amides is 1. The van der Waals surface area contributed by atoms with E-state index in [9.17, 15) is 9.59 Å². The molecule has 2 aromatic rings. The van der Waals surface area contributed by atoms with E-state index in [4.69, 9.17) is 9.15 Å². The summed E-state index contributed by atoms with van der Waals surface area (Å²) in [6, 6.07) is 7.18. The lowest BCUT2D eigenvalue weighted by Gasteiger charge is -2.20. The van der Waals surface area contributed by atoms with Crippen molar-refractivity contribution in [3.05, 3.63) is 36.4 Å². The van der Waals surface area contributed by atoms with Gasteiger partial charge in [0.2, 0.25) is 0 Å². The molecule has 3 atom stereocenters. The number of oxazole rings is 1. The van der Waals surface area contributed by atoms with Gasteiger partial charge in [0, 0.05) is 11.5 Å². The van der Waals surface area contributed by atoms with Gasteiger partial charge in [0.25, 0.3) is 5.91 Å². The Morgan fingerprint density at radius 1 is 1.23 bits per heavy atom. The smallest absolute Gasteiger partial charge is 0.274 e. The molecule has 136 valence electrons. The Hall–Kier alpha value is -2.63. The number of hydrogen-bond acceptors (Lipinski definition) is 5. The van der Waals surface area contributed by atoms with E-state index in [2.05, 4.69) is 10.3 Å². The Labute approximate surface area is 151 Å². The first kappa shape index (κ1) is 16.8. The van der Waals surface area contributed by atoms with Crippen LogP contribution in [0.2, 0.25) is 0 Å². The average Bonchev–Trinajstić information content (AvgIpc) is 3.42. The van der Waals surface area contributed by atoms with Gasteiger partial charge >= 0.3 is 0 Å². The number of aromatic nitrogens is 1. The first-order chi connectivity index (χ1) is 12.7. The molecule has 0 saturated heterocycles. The largest absolute Gasteiger partial charge is 0.497 e. The lowest BCUT2D eigenvalue weighted by molar-refractivity contribution is -0.123. The van der Waals surface area contributed by atoms with Gasteiger partial charge in [-0.2, -0.15) is 0 Å². The molecular weight excluding hydrogens is 332 g/mol. The van der Waals surface area contributed by atoms with Crippen molar-refractivity contribution in [2.75, 3.05) is 13.7 Å². The Morgan fingerprint density at radius 2 is 2.04 bits per heavy atom. The third kappa shape index (κ3) is 3.11. The lowest BCUT2D eigenvalue weighted by Crippen LogP contribution is -2.35. The second kappa shape index (κ2) is 6.94. The summed E-state index contributed by atoms with van der Waals surface area (Å²) >= 11 is 0. The molecule has 0 aliphatic heterocycles. The van der Waals surface area contributed by atoms with Crippen LogP contribution in [0.25, 0.3) is 11.3 Å². The normalized spacial score (nSPS) is 23.8. The summed E-state index contributed by atoms with van der Waals surface area (Å²) in [5.41, 5.74) is 0.920. The van der Waals surface area contributed by atoms with Crippen molar-refractivity contribution in [3.63, 3.8) is 0 Å². The zero-order valence-electron chi connectivity index (χ0n) is 14.7. The van der Waals surface area contributed by atoms with Gasteiger partial charge in [-0.05, 0) is 55.4 Å². The second-order valence-electron chi connectivity index (χ2n) is 7.19. The minimum Gasteiger partial charge on any atom is -0.497 e. The van der Waals surface area contributed by atoms with Gasteiger partial charge in [-0.3, -0.25) is 9.59 Å². The predicted molar refractivity (Wildman–Crippen MR) is 94.8 cm³/mol. The van der Waals surface area contributed by atoms with Gasteiger partial charge in [-0.25, -0.2) is 4.98 Å². The Kier molecular flexibility index (Phi) is 4.49. The fourth-order valence-corrected chi connectivity index (χ4v) is 4.38. The van der Waals surface area contributed by atoms with E-state index in [0.29, 0.717) is 17.6 Å². The van der Waals surface area contributed by atoms with E-state index >= 15 is 0 Å². The highest BCUT2D eigenvalue weighted by molar-refractivity contribution is 5.99. The van der Waals surface area contributed by atoms with Crippen molar-refractivity contribution in [3.8, 4) is 17.1 Å². The molecule has 2 saturated carbocycles. The minimum atomic E-state index is -0.388. The molecule has 1 aromatic heterocycles. The third-order valence-corrected chi connectivity index (χ3v) is 5.71. The topological polar surface area (TPSA) is 81.4 Å².